The second kappa shape index (κ2) is 10.5. The van der Waals surface area contributed by atoms with E-state index < -0.39 is 0 Å². The van der Waals surface area contributed by atoms with Crippen LogP contribution < -0.4 is 20.4 Å². The number of anilines is 2. The second-order valence-corrected chi connectivity index (χ2v) is 8.69. The first-order valence-electron chi connectivity index (χ1n) is 11.2. The lowest BCUT2D eigenvalue weighted by molar-refractivity contribution is -1.01. The predicted molar refractivity (Wildman–Crippen MR) is 125 cm³/mol. The van der Waals surface area contributed by atoms with E-state index in [0.29, 0.717) is 17.8 Å². The van der Waals surface area contributed by atoms with Gasteiger partial charge in [0.25, 0.3) is 11.8 Å². The molecule has 170 valence electrons. The maximum atomic E-state index is 12.8. The lowest BCUT2D eigenvalue weighted by Gasteiger charge is -2.32. The van der Waals surface area contributed by atoms with E-state index in [-0.39, 0.29) is 23.6 Å². The van der Waals surface area contributed by atoms with E-state index in [2.05, 4.69) is 10.6 Å². The fourth-order valence-electron chi connectivity index (χ4n) is 4.17. The summed E-state index contributed by atoms with van der Waals surface area (Å²) < 4.78 is 0. The Morgan fingerprint density at radius 3 is 2.25 bits per heavy atom. The summed E-state index contributed by atoms with van der Waals surface area (Å²) in [6, 6.07) is 12.8. The molecule has 2 aromatic rings. The molecule has 1 aliphatic heterocycles. The molecule has 0 bridgehead atoms. The zero-order valence-electron chi connectivity index (χ0n) is 19.4. The lowest BCUT2D eigenvalue weighted by Crippen LogP contribution is -3.30. The monoisotopic (exact) mass is 438 g/mol. The molecule has 1 saturated heterocycles. The van der Waals surface area contributed by atoms with Crippen molar-refractivity contribution < 1.29 is 24.2 Å². The molecule has 1 aliphatic rings. The summed E-state index contributed by atoms with van der Waals surface area (Å²) in [6.07, 6.45) is 0. The molecule has 0 aliphatic carbocycles. The Morgan fingerprint density at radius 1 is 0.906 bits per heavy atom. The molecule has 2 amide bonds. The third-order valence-electron chi connectivity index (χ3n) is 6.46. The van der Waals surface area contributed by atoms with Crippen LogP contribution in [0.15, 0.2) is 42.5 Å². The Bertz CT molecular complexity index is 996. The van der Waals surface area contributed by atoms with Crippen LogP contribution in [0.1, 0.15) is 35.3 Å². The van der Waals surface area contributed by atoms with Crippen molar-refractivity contribution in [3.05, 3.63) is 59.2 Å². The highest BCUT2D eigenvalue weighted by atomic mass is 16.2. The van der Waals surface area contributed by atoms with E-state index in [4.69, 9.17) is 0 Å². The number of amides is 2. The van der Waals surface area contributed by atoms with E-state index in [1.807, 2.05) is 45.0 Å². The Hall–Kier alpha value is -3.03. The number of ketones is 1. The zero-order valence-corrected chi connectivity index (χ0v) is 19.4. The molecule has 0 aromatic heterocycles. The summed E-state index contributed by atoms with van der Waals surface area (Å²) >= 11 is 0. The molecule has 7 heteroatoms. The number of Topliss-reactive ketones (excluding diaryl/α,β-unsaturated/α-hetero) is 1. The number of carbonyl (C=O) groups is 3. The molecular weight excluding hydrogens is 404 g/mol. The summed E-state index contributed by atoms with van der Waals surface area (Å²) in [6.45, 7) is 11.2. The molecular formula is C25H34N4O3+2. The van der Waals surface area contributed by atoms with Gasteiger partial charge < -0.3 is 20.4 Å². The number of aryl methyl sites for hydroxylation is 1. The smallest absolute Gasteiger partial charge is 0.282 e. The van der Waals surface area contributed by atoms with Gasteiger partial charge in [0, 0.05) is 11.3 Å². The van der Waals surface area contributed by atoms with Crippen LogP contribution in [0, 0.1) is 13.8 Å². The molecule has 1 fully saturated rings. The number of piperazine rings is 1. The van der Waals surface area contributed by atoms with Crippen LogP contribution >= 0.6 is 0 Å². The molecule has 0 saturated carbocycles. The van der Waals surface area contributed by atoms with Crippen molar-refractivity contribution in [2.24, 2.45) is 0 Å². The fourth-order valence-corrected chi connectivity index (χ4v) is 4.17. The highest BCUT2D eigenvalue weighted by Crippen LogP contribution is 2.17. The van der Waals surface area contributed by atoms with Crippen LogP contribution in [0.2, 0.25) is 0 Å². The quantitative estimate of drug-likeness (QED) is 0.468. The third kappa shape index (κ3) is 5.81. The molecule has 7 nitrogen and oxygen atoms in total. The molecule has 1 heterocycles. The van der Waals surface area contributed by atoms with Gasteiger partial charge in [0.05, 0.1) is 5.69 Å². The normalized spacial score (nSPS) is 19.1. The predicted octanol–water partition coefficient (Wildman–Crippen LogP) is 0.255. The number of rotatable bonds is 7. The van der Waals surface area contributed by atoms with Gasteiger partial charge in [0.1, 0.15) is 26.2 Å². The number of nitrogens with one attached hydrogen (secondary N) is 4. The number of quaternary nitrogens is 2. The number of carbonyl (C=O) groups excluding carboxylic acids is 3. The molecule has 3 rings (SSSR count). The minimum Gasteiger partial charge on any atom is -0.321 e. The summed E-state index contributed by atoms with van der Waals surface area (Å²) in [5.41, 5.74) is 4.20. The van der Waals surface area contributed by atoms with Crippen LogP contribution in [-0.4, -0.2) is 56.4 Å². The van der Waals surface area contributed by atoms with Gasteiger partial charge in [-0.2, -0.15) is 0 Å². The lowest BCUT2D eigenvalue weighted by atomic mass is 10.1. The summed E-state index contributed by atoms with van der Waals surface area (Å²) in [7, 11) is 0. The van der Waals surface area contributed by atoms with Gasteiger partial charge in [0.2, 0.25) is 0 Å². The second-order valence-electron chi connectivity index (χ2n) is 8.69. The third-order valence-corrected chi connectivity index (χ3v) is 6.46. The van der Waals surface area contributed by atoms with Gasteiger partial charge >= 0.3 is 0 Å². The SMILES string of the molecule is CC(=O)c1ccccc1NC(=O)C(C)[NH+]1CC[NH+](CC(=O)Nc2cccc(C)c2C)CC1. The molecule has 2 aromatic carbocycles. The minimum atomic E-state index is -0.236. The number of hydrogen-bond donors (Lipinski definition) is 4. The van der Waals surface area contributed by atoms with Gasteiger partial charge in [-0.3, -0.25) is 14.4 Å². The van der Waals surface area contributed by atoms with Crippen LogP contribution in [0.25, 0.3) is 0 Å². The molecule has 32 heavy (non-hydrogen) atoms. The standard InChI is InChI=1S/C25H32N4O3/c1-17-8-7-11-22(18(17)2)26-24(31)16-28-12-14-29(15-13-28)19(3)25(32)27-23-10-6-5-9-21(23)20(4)30/h5-11,19H,12-16H2,1-4H3,(H,26,31)(H,27,32)/p+2. The molecule has 1 atom stereocenters. The molecule has 4 N–H and O–H groups in total. The van der Waals surface area contributed by atoms with Crippen molar-refractivity contribution in [2.45, 2.75) is 33.7 Å². The first-order chi connectivity index (χ1) is 15.3. The summed E-state index contributed by atoms with van der Waals surface area (Å²) in [5, 5.41) is 5.95. The van der Waals surface area contributed by atoms with E-state index in [9.17, 15) is 14.4 Å². The maximum absolute atomic E-state index is 12.8. The van der Waals surface area contributed by atoms with Crippen molar-refractivity contribution in [1.82, 2.24) is 0 Å². The van der Waals surface area contributed by atoms with Crippen LogP contribution in [0.5, 0.6) is 0 Å². The van der Waals surface area contributed by atoms with Crippen molar-refractivity contribution >= 4 is 29.0 Å². The largest absolute Gasteiger partial charge is 0.321 e. The minimum absolute atomic E-state index is 0.0174. The Kier molecular flexibility index (Phi) is 7.77. The van der Waals surface area contributed by atoms with Crippen molar-refractivity contribution in [3.8, 4) is 0 Å². The van der Waals surface area contributed by atoms with Gasteiger partial charge in [-0.1, -0.05) is 24.3 Å². The van der Waals surface area contributed by atoms with Crippen molar-refractivity contribution in [3.63, 3.8) is 0 Å². The van der Waals surface area contributed by atoms with E-state index in [1.54, 1.807) is 18.2 Å². The average Bonchev–Trinajstić information content (AvgIpc) is 2.77. The van der Waals surface area contributed by atoms with E-state index in [1.165, 1.54) is 16.7 Å². The first-order valence-corrected chi connectivity index (χ1v) is 11.2. The highest BCUT2D eigenvalue weighted by molar-refractivity contribution is 6.04. The molecule has 1 unspecified atom stereocenters. The van der Waals surface area contributed by atoms with E-state index >= 15 is 0 Å². The Labute approximate surface area is 189 Å². The number of hydrogen-bond acceptors (Lipinski definition) is 3. The average molecular weight is 439 g/mol. The van der Waals surface area contributed by atoms with Crippen molar-refractivity contribution in [2.75, 3.05) is 43.4 Å². The van der Waals surface area contributed by atoms with Gasteiger partial charge in [0.15, 0.2) is 18.4 Å². The summed E-state index contributed by atoms with van der Waals surface area (Å²) in [5.74, 6) is -0.147. The Morgan fingerprint density at radius 2 is 1.56 bits per heavy atom. The van der Waals surface area contributed by atoms with Crippen molar-refractivity contribution in [1.29, 1.82) is 0 Å². The van der Waals surface area contributed by atoms with Gasteiger partial charge in [-0.15, -0.1) is 0 Å². The number of benzene rings is 2. The van der Waals surface area contributed by atoms with Gasteiger partial charge in [-0.25, -0.2) is 0 Å². The maximum Gasteiger partial charge on any atom is 0.282 e. The first kappa shape index (κ1) is 23.6. The topological polar surface area (TPSA) is 84.2 Å². The van der Waals surface area contributed by atoms with Crippen LogP contribution in [0.4, 0.5) is 11.4 Å². The van der Waals surface area contributed by atoms with E-state index in [0.717, 1.165) is 43.0 Å². The Balaban J connectivity index is 1.49. The highest BCUT2D eigenvalue weighted by Gasteiger charge is 2.32. The molecule has 0 spiro atoms. The van der Waals surface area contributed by atoms with Crippen LogP contribution in [0.3, 0.4) is 0 Å². The fraction of sp³-hybridized carbons (Fsp3) is 0.400. The van der Waals surface area contributed by atoms with Crippen LogP contribution in [-0.2, 0) is 9.59 Å². The molecule has 0 radical (unpaired) electrons. The zero-order chi connectivity index (χ0) is 23.3. The van der Waals surface area contributed by atoms with Gasteiger partial charge in [-0.05, 0) is 57.0 Å². The number of para-hydroxylation sites is 1. The summed E-state index contributed by atoms with van der Waals surface area (Å²) in [4.78, 5) is 39.5.